The molecule has 0 saturated heterocycles. The Balaban J connectivity index is 2.98. The van der Waals surface area contributed by atoms with E-state index in [1.807, 2.05) is 38.1 Å². The number of hydrogen-bond donors (Lipinski definition) is 1. The first-order valence-corrected chi connectivity index (χ1v) is 7.80. The number of nitrogens with one attached hydrogen (secondary N) is 1. The topological polar surface area (TPSA) is 49.4 Å². The third-order valence-electron chi connectivity index (χ3n) is 3.40. The Morgan fingerprint density at radius 1 is 1.18 bits per heavy atom. The zero-order valence-electron chi connectivity index (χ0n) is 14.6. The van der Waals surface area contributed by atoms with Crippen LogP contribution in [0.3, 0.4) is 0 Å². The van der Waals surface area contributed by atoms with Crippen molar-refractivity contribution in [2.24, 2.45) is 0 Å². The van der Waals surface area contributed by atoms with Gasteiger partial charge in [0, 0.05) is 31.6 Å². The van der Waals surface area contributed by atoms with E-state index >= 15 is 0 Å². The molecule has 1 N–H and O–H groups in total. The molecule has 4 nitrogen and oxygen atoms in total. The lowest BCUT2D eigenvalue weighted by Gasteiger charge is -2.29. The molecule has 0 saturated carbocycles. The summed E-state index contributed by atoms with van der Waals surface area (Å²) in [5.41, 5.74) is 1.93. The first-order valence-electron chi connectivity index (χ1n) is 7.80. The van der Waals surface area contributed by atoms with Crippen LogP contribution in [0.5, 0.6) is 0 Å². The summed E-state index contributed by atoms with van der Waals surface area (Å²) >= 11 is 0. The van der Waals surface area contributed by atoms with E-state index < -0.39 is 0 Å². The zero-order valence-corrected chi connectivity index (χ0v) is 14.6. The van der Waals surface area contributed by atoms with Crippen molar-refractivity contribution in [2.75, 3.05) is 11.4 Å². The molecule has 0 heterocycles. The van der Waals surface area contributed by atoms with E-state index in [0.29, 0.717) is 13.0 Å². The first kappa shape index (κ1) is 18.2. The standard InChI is InChI=1S/C18H28N2O2/c1-13(2)19-17(22)11-12-20(14(3)21)16-10-8-7-9-15(16)18(4,5)6/h7-10,13H,11-12H2,1-6H3,(H,19,22). The summed E-state index contributed by atoms with van der Waals surface area (Å²) < 4.78 is 0. The van der Waals surface area contributed by atoms with Crippen molar-refractivity contribution >= 4 is 17.5 Å². The summed E-state index contributed by atoms with van der Waals surface area (Å²) in [5.74, 6) is -0.0801. The minimum Gasteiger partial charge on any atom is -0.354 e. The average molecular weight is 304 g/mol. The molecular weight excluding hydrogens is 276 g/mol. The molecule has 122 valence electrons. The predicted molar refractivity (Wildman–Crippen MR) is 91.1 cm³/mol. The maximum absolute atomic E-state index is 12.1. The van der Waals surface area contributed by atoms with Crippen LogP contribution in [0.25, 0.3) is 0 Å². The quantitative estimate of drug-likeness (QED) is 0.908. The molecule has 0 radical (unpaired) electrons. The van der Waals surface area contributed by atoms with E-state index in [2.05, 4.69) is 26.1 Å². The average Bonchev–Trinajstić information content (AvgIpc) is 2.37. The highest BCUT2D eigenvalue weighted by Crippen LogP contribution is 2.32. The predicted octanol–water partition coefficient (Wildman–Crippen LogP) is 3.25. The van der Waals surface area contributed by atoms with Crippen molar-refractivity contribution in [3.05, 3.63) is 29.8 Å². The Bertz CT molecular complexity index is 530. The highest BCUT2D eigenvalue weighted by atomic mass is 16.2. The summed E-state index contributed by atoms with van der Waals surface area (Å²) in [7, 11) is 0. The van der Waals surface area contributed by atoms with Gasteiger partial charge < -0.3 is 10.2 Å². The Morgan fingerprint density at radius 2 is 1.77 bits per heavy atom. The van der Waals surface area contributed by atoms with Crippen LogP contribution in [0, 0.1) is 0 Å². The fraction of sp³-hybridized carbons (Fsp3) is 0.556. The highest BCUT2D eigenvalue weighted by molar-refractivity contribution is 5.93. The second-order valence-corrected chi connectivity index (χ2v) is 6.91. The van der Waals surface area contributed by atoms with Gasteiger partial charge in [-0.1, -0.05) is 39.0 Å². The summed E-state index contributed by atoms with van der Waals surface area (Å²) in [4.78, 5) is 25.6. The second-order valence-electron chi connectivity index (χ2n) is 6.91. The van der Waals surface area contributed by atoms with E-state index in [1.54, 1.807) is 11.8 Å². The van der Waals surface area contributed by atoms with Gasteiger partial charge in [-0.15, -0.1) is 0 Å². The Labute approximate surface area is 133 Å². The number of anilines is 1. The van der Waals surface area contributed by atoms with Gasteiger partial charge in [-0.05, 0) is 30.9 Å². The molecule has 0 fully saturated rings. The van der Waals surface area contributed by atoms with Gasteiger partial charge in [0.2, 0.25) is 11.8 Å². The summed E-state index contributed by atoms with van der Waals surface area (Å²) in [6.07, 6.45) is 0.302. The van der Waals surface area contributed by atoms with Crippen molar-refractivity contribution in [1.82, 2.24) is 5.32 Å². The van der Waals surface area contributed by atoms with E-state index in [0.717, 1.165) is 11.3 Å². The van der Waals surface area contributed by atoms with Gasteiger partial charge in [0.05, 0.1) is 0 Å². The smallest absolute Gasteiger partial charge is 0.223 e. The summed E-state index contributed by atoms with van der Waals surface area (Å²) in [6, 6.07) is 8.00. The fourth-order valence-corrected chi connectivity index (χ4v) is 2.40. The van der Waals surface area contributed by atoms with E-state index in [-0.39, 0.29) is 23.3 Å². The Hall–Kier alpha value is -1.84. The van der Waals surface area contributed by atoms with Gasteiger partial charge in [0.25, 0.3) is 0 Å². The van der Waals surface area contributed by atoms with Crippen molar-refractivity contribution in [3.8, 4) is 0 Å². The summed E-state index contributed by atoms with van der Waals surface area (Å²) in [6.45, 7) is 12.1. The van der Waals surface area contributed by atoms with Crippen LogP contribution >= 0.6 is 0 Å². The van der Waals surface area contributed by atoms with Crippen molar-refractivity contribution in [1.29, 1.82) is 0 Å². The minimum absolute atomic E-state index is 0.0329. The van der Waals surface area contributed by atoms with Crippen LogP contribution in [0.1, 0.15) is 53.5 Å². The summed E-state index contributed by atoms with van der Waals surface area (Å²) in [5, 5.41) is 2.86. The number of carbonyl (C=O) groups excluding carboxylic acids is 2. The lowest BCUT2D eigenvalue weighted by Crippen LogP contribution is -2.37. The fourth-order valence-electron chi connectivity index (χ4n) is 2.40. The molecule has 0 spiro atoms. The van der Waals surface area contributed by atoms with Crippen LogP contribution in [0.15, 0.2) is 24.3 Å². The van der Waals surface area contributed by atoms with Crippen molar-refractivity contribution in [2.45, 2.75) is 59.4 Å². The number of hydrogen-bond acceptors (Lipinski definition) is 2. The molecule has 0 aliphatic heterocycles. The molecule has 0 bridgehead atoms. The lowest BCUT2D eigenvalue weighted by atomic mass is 9.85. The maximum Gasteiger partial charge on any atom is 0.223 e. The second kappa shape index (κ2) is 7.43. The molecule has 1 aromatic carbocycles. The molecule has 0 aromatic heterocycles. The number of carbonyl (C=O) groups is 2. The lowest BCUT2D eigenvalue weighted by molar-refractivity contribution is -0.121. The largest absolute Gasteiger partial charge is 0.354 e. The Kier molecular flexibility index (Phi) is 6.15. The number of benzene rings is 1. The van der Waals surface area contributed by atoms with Crippen LogP contribution in [-0.4, -0.2) is 24.4 Å². The molecule has 4 heteroatoms. The van der Waals surface area contributed by atoms with Gasteiger partial charge in [-0.25, -0.2) is 0 Å². The van der Waals surface area contributed by atoms with Gasteiger partial charge >= 0.3 is 0 Å². The molecule has 1 rings (SSSR count). The van der Waals surface area contributed by atoms with E-state index in [9.17, 15) is 9.59 Å². The van der Waals surface area contributed by atoms with Gasteiger partial charge in [-0.3, -0.25) is 9.59 Å². The van der Waals surface area contributed by atoms with Gasteiger partial charge in [0.1, 0.15) is 0 Å². The van der Waals surface area contributed by atoms with E-state index in [1.165, 1.54) is 0 Å². The monoisotopic (exact) mass is 304 g/mol. The third kappa shape index (κ3) is 5.17. The van der Waals surface area contributed by atoms with Crippen LogP contribution in [0.4, 0.5) is 5.69 Å². The SMILES string of the molecule is CC(=O)N(CCC(=O)NC(C)C)c1ccccc1C(C)(C)C. The van der Waals surface area contributed by atoms with Crippen LogP contribution in [0.2, 0.25) is 0 Å². The Morgan fingerprint density at radius 3 is 2.27 bits per heavy atom. The van der Waals surface area contributed by atoms with Crippen molar-refractivity contribution in [3.63, 3.8) is 0 Å². The number of para-hydroxylation sites is 1. The third-order valence-corrected chi connectivity index (χ3v) is 3.40. The van der Waals surface area contributed by atoms with Crippen LogP contribution in [-0.2, 0) is 15.0 Å². The molecule has 0 aliphatic rings. The highest BCUT2D eigenvalue weighted by Gasteiger charge is 2.23. The van der Waals surface area contributed by atoms with Gasteiger partial charge in [-0.2, -0.15) is 0 Å². The molecule has 1 aromatic rings. The molecule has 0 unspecified atom stereocenters. The first-order chi connectivity index (χ1) is 10.1. The number of rotatable bonds is 5. The molecular formula is C18H28N2O2. The van der Waals surface area contributed by atoms with E-state index in [4.69, 9.17) is 0 Å². The maximum atomic E-state index is 12.1. The molecule has 0 aliphatic carbocycles. The molecule has 22 heavy (non-hydrogen) atoms. The number of amides is 2. The van der Waals surface area contributed by atoms with Gasteiger partial charge in [0.15, 0.2) is 0 Å². The normalized spacial score (nSPS) is 11.4. The minimum atomic E-state index is -0.0650. The van der Waals surface area contributed by atoms with Crippen molar-refractivity contribution < 1.29 is 9.59 Å². The molecule has 0 atom stereocenters. The number of nitrogens with zero attached hydrogens (tertiary/aromatic N) is 1. The zero-order chi connectivity index (χ0) is 16.9. The molecule has 2 amide bonds. The van der Waals surface area contributed by atoms with Crippen LogP contribution < -0.4 is 10.2 Å².